The Morgan fingerprint density at radius 1 is 1.35 bits per heavy atom. The zero-order chi connectivity index (χ0) is 12.0. The second kappa shape index (κ2) is 3.84. The largest absolute Gasteiger partial charge is 0.381 e. The SMILES string of the molecule is CN1c2cc(F)cc(F)c2NCC2COCC21. The summed E-state index contributed by atoms with van der Waals surface area (Å²) in [5.41, 5.74) is 0.962. The summed E-state index contributed by atoms with van der Waals surface area (Å²) in [6.07, 6.45) is 0. The molecular weight excluding hydrogens is 226 g/mol. The number of anilines is 2. The predicted molar refractivity (Wildman–Crippen MR) is 61.3 cm³/mol. The van der Waals surface area contributed by atoms with Crippen molar-refractivity contribution >= 4 is 11.4 Å². The van der Waals surface area contributed by atoms with Gasteiger partial charge in [-0.25, -0.2) is 8.78 Å². The maximum absolute atomic E-state index is 13.7. The van der Waals surface area contributed by atoms with E-state index in [0.29, 0.717) is 37.1 Å². The van der Waals surface area contributed by atoms with Crippen LogP contribution in [0.4, 0.5) is 20.2 Å². The first kappa shape index (κ1) is 10.8. The maximum Gasteiger partial charge on any atom is 0.151 e. The van der Waals surface area contributed by atoms with Crippen molar-refractivity contribution in [3.8, 4) is 0 Å². The van der Waals surface area contributed by atoms with Crippen LogP contribution in [0.2, 0.25) is 0 Å². The van der Waals surface area contributed by atoms with Crippen LogP contribution in [-0.4, -0.2) is 32.8 Å². The quantitative estimate of drug-likeness (QED) is 0.749. The lowest BCUT2D eigenvalue weighted by Crippen LogP contribution is -2.37. The molecule has 5 heteroatoms. The van der Waals surface area contributed by atoms with Crippen LogP contribution in [0.25, 0.3) is 0 Å². The molecule has 0 bridgehead atoms. The number of likely N-dealkylation sites (N-methyl/N-ethyl adjacent to an activating group) is 1. The maximum atomic E-state index is 13.7. The van der Waals surface area contributed by atoms with Crippen LogP contribution in [-0.2, 0) is 4.74 Å². The second-order valence-corrected chi connectivity index (χ2v) is 4.64. The number of ether oxygens (including phenoxy) is 1. The molecule has 3 rings (SSSR count). The highest BCUT2D eigenvalue weighted by molar-refractivity contribution is 5.72. The van der Waals surface area contributed by atoms with Gasteiger partial charge in [-0.05, 0) is 6.07 Å². The molecule has 2 aliphatic heterocycles. The van der Waals surface area contributed by atoms with Crippen LogP contribution in [0, 0.1) is 17.6 Å². The minimum atomic E-state index is -0.549. The van der Waals surface area contributed by atoms with Crippen molar-refractivity contribution in [1.29, 1.82) is 0 Å². The highest BCUT2D eigenvalue weighted by Crippen LogP contribution is 2.36. The minimum Gasteiger partial charge on any atom is -0.381 e. The third kappa shape index (κ3) is 1.65. The van der Waals surface area contributed by atoms with Crippen molar-refractivity contribution in [1.82, 2.24) is 0 Å². The van der Waals surface area contributed by atoms with E-state index in [1.54, 1.807) is 0 Å². The van der Waals surface area contributed by atoms with Gasteiger partial charge in [-0.15, -0.1) is 0 Å². The number of nitrogens with zero attached hydrogens (tertiary/aromatic N) is 1. The Bertz CT molecular complexity index is 452. The van der Waals surface area contributed by atoms with Crippen molar-refractivity contribution < 1.29 is 13.5 Å². The van der Waals surface area contributed by atoms with E-state index in [1.807, 2.05) is 11.9 Å². The molecule has 2 heterocycles. The van der Waals surface area contributed by atoms with Gasteiger partial charge in [0.15, 0.2) is 5.82 Å². The molecule has 17 heavy (non-hydrogen) atoms. The molecule has 0 spiro atoms. The van der Waals surface area contributed by atoms with Gasteiger partial charge >= 0.3 is 0 Å². The first-order valence-electron chi connectivity index (χ1n) is 5.70. The smallest absolute Gasteiger partial charge is 0.151 e. The van der Waals surface area contributed by atoms with Crippen molar-refractivity contribution in [3.05, 3.63) is 23.8 Å². The van der Waals surface area contributed by atoms with E-state index in [2.05, 4.69) is 5.32 Å². The summed E-state index contributed by atoms with van der Waals surface area (Å²) in [6, 6.07) is 2.47. The van der Waals surface area contributed by atoms with E-state index >= 15 is 0 Å². The van der Waals surface area contributed by atoms with Gasteiger partial charge in [0.05, 0.1) is 30.6 Å². The lowest BCUT2D eigenvalue weighted by atomic mass is 10.0. The minimum absolute atomic E-state index is 0.185. The Hall–Kier alpha value is -1.36. The molecule has 1 aromatic carbocycles. The molecule has 2 aliphatic rings. The van der Waals surface area contributed by atoms with Gasteiger partial charge in [-0.1, -0.05) is 0 Å². The van der Waals surface area contributed by atoms with Crippen LogP contribution in [0.1, 0.15) is 0 Å². The molecule has 1 aromatic rings. The Morgan fingerprint density at radius 3 is 3.00 bits per heavy atom. The normalized spacial score (nSPS) is 27.1. The number of nitrogens with one attached hydrogen (secondary N) is 1. The van der Waals surface area contributed by atoms with E-state index < -0.39 is 11.6 Å². The number of hydrogen-bond donors (Lipinski definition) is 1. The highest BCUT2D eigenvalue weighted by Gasteiger charge is 2.35. The first-order valence-corrected chi connectivity index (χ1v) is 5.70. The van der Waals surface area contributed by atoms with Gasteiger partial charge in [0, 0.05) is 25.6 Å². The summed E-state index contributed by atoms with van der Waals surface area (Å²) in [6.45, 7) is 1.94. The average molecular weight is 240 g/mol. The lowest BCUT2D eigenvalue weighted by molar-refractivity contribution is 0.185. The topological polar surface area (TPSA) is 24.5 Å². The van der Waals surface area contributed by atoms with Gasteiger partial charge in [0.1, 0.15) is 5.82 Å². The molecule has 1 N–H and O–H groups in total. The summed E-state index contributed by atoms with van der Waals surface area (Å²) in [5, 5.41) is 3.06. The van der Waals surface area contributed by atoms with Gasteiger partial charge < -0.3 is 15.0 Å². The fourth-order valence-corrected chi connectivity index (χ4v) is 2.64. The number of hydrogen-bond acceptors (Lipinski definition) is 3. The monoisotopic (exact) mass is 240 g/mol. The number of rotatable bonds is 0. The van der Waals surface area contributed by atoms with Crippen LogP contribution in [0.5, 0.6) is 0 Å². The van der Waals surface area contributed by atoms with Crippen LogP contribution >= 0.6 is 0 Å². The summed E-state index contributed by atoms with van der Waals surface area (Å²) < 4.78 is 32.4. The molecular formula is C12H14F2N2O. The zero-order valence-corrected chi connectivity index (χ0v) is 9.54. The molecule has 0 amide bonds. The lowest BCUT2D eigenvalue weighted by Gasteiger charge is -2.27. The molecule has 0 saturated carbocycles. The Kier molecular flexibility index (Phi) is 2.43. The van der Waals surface area contributed by atoms with E-state index in [1.165, 1.54) is 6.07 Å². The fourth-order valence-electron chi connectivity index (χ4n) is 2.64. The molecule has 0 aliphatic carbocycles. The first-order chi connectivity index (χ1) is 8.16. The standard InChI is InChI=1S/C12H14F2N2O/c1-16-10-3-8(13)2-9(14)12(10)15-4-7-5-17-6-11(7)16/h2-3,7,11,15H,4-6H2,1H3. The van der Waals surface area contributed by atoms with Crippen molar-refractivity contribution in [2.45, 2.75) is 6.04 Å². The molecule has 2 atom stereocenters. The molecule has 92 valence electrons. The number of benzene rings is 1. The fraction of sp³-hybridized carbons (Fsp3) is 0.500. The third-order valence-corrected chi connectivity index (χ3v) is 3.62. The summed E-state index contributed by atoms with van der Waals surface area (Å²) in [4.78, 5) is 1.92. The van der Waals surface area contributed by atoms with Crippen molar-refractivity contribution in [3.63, 3.8) is 0 Å². The van der Waals surface area contributed by atoms with Crippen LogP contribution in [0.3, 0.4) is 0 Å². The molecule has 1 saturated heterocycles. The average Bonchev–Trinajstić information content (AvgIpc) is 2.69. The molecule has 0 radical (unpaired) electrons. The number of halogens is 2. The van der Waals surface area contributed by atoms with Crippen LogP contribution < -0.4 is 10.2 Å². The van der Waals surface area contributed by atoms with Gasteiger partial charge in [0.25, 0.3) is 0 Å². The van der Waals surface area contributed by atoms with E-state index in [9.17, 15) is 8.78 Å². The summed E-state index contributed by atoms with van der Waals surface area (Å²) in [7, 11) is 1.86. The Balaban J connectivity index is 2.07. The molecule has 3 nitrogen and oxygen atoms in total. The highest BCUT2D eigenvalue weighted by atomic mass is 19.1. The third-order valence-electron chi connectivity index (χ3n) is 3.62. The second-order valence-electron chi connectivity index (χ2n) is 4.64. The van der Waals surface area contributed by atoms with E-state index in [4.69, 9.17) is 4.74 Å². The van der Waals surface area contributed by atoms with Gasteiger partial charge in [-0.3, -0.25) is 0 Å². The predicted octanol–water partition coefficient (Wildman–Crippen LogP) is 1.84. The molecule has 2 unspecified atom stereocenters. The van der Waals surface area contributed by atoms with Crippen LogP contribution in [0.15, 0.2) is 12.1 Å². The molecule has 0 aromatic heterocycles. The van der Waals surface area contributed by atoms with E-state index in [0.717, 1.165) is 6.07 Å². The van der Waals surface area contributed by atoms with Crippen molar-refractivity contribution in [2.75, 3.05) is 37.0 Å². The zero-order valence-electron chi connectivity index (χ0n) is 9.54. The van der Waals surface area contributed by atoms with Gasteiger partial charge in [0.2, 0.25) is 0 Å². The van der Waals surface area contributed by atoms with Crippen molar-refractivity contribution in [2.24, 2.45) is 5.92 Å². The summed E-state index contributed by atoms with van der Waals surface area (Å²) in [5.74, 6) is -0.769. The van der Waals surface area contributed by atoms with E-state index in [-0.39, 0.29) is 6.04 Å². The number of fused-ring (bicyclic) bond motifs is 2. The summed E-state index contributed by atoms with van der Waals surface area (Å²) >= 11 is 0. The Labute approximate surface area is 98.4 Å². The Morgan fingerprint density at radius 2 is 2.18 bits per heavy atom. The molecule has 1 fully saturated rings. The van der Waals surface area contributed by atoms with Gasteiger partial charge in [-0.2, -0.15) is 0 Å².